The summed E-state index contributed by atoms with van der Waals surface area (Å²) in [5.74, 6) is -0.688. The molecule has 0 atom stereocenters. The van der Waals surface area contributed by atoms with E-state index in [2.05, 4.69) is 10.6 Å². The zero-order valence-electron chi connectivity index (χ0n) is 18.1. The summed E-state index contributed by atoms with van der Waals surface area (Å²) >= 11 is 0. The molecule has 32 heavy (non-hydrogen) atoms. The average molecular weight is 452 g/mol. The minimum absolute atomic E-state index is 0.102. The van der Waals surface area contributed by atoms with E-state index in [-0.39, 0.29) is 10.8 Å². The van der Waals surface area contributed by atoms with Gasteiger partial charge in [-0.15, -0.1) is 0 Å². The van der Waals surface area contributed by atoms with Gasteiger partial charge < -0.3 is 10.6 Å². The Labute approximate surface area is 188 Å². The molecule has 0 radical (unpaired) electrons. The number of anilines is 3. The van der Waals surface area contributed by atoms with Crippen molar-refractivity contribution in [3.8, 4) is 0 Å². The van der Waals surface area contributed by atoms with Gasteiger partial charge in [-0.25, -0.2) is 8.42 Å². The number of carbonyl (C=O) groups excluding carboxylic acids is 2. The highest BCUT2D eigenvalue weighted by Crippen LogP contribution is 2.26. The van der Waals surface area contributed by atoms with Gasteiger partial charge >= 0.3 is 0 Å². The SMILES string of the molecule is CC(=O)Nc1ccc(NC(=O)CN(c2ccc(C)c(C)c2)S(=O)(=O)c2ccccc2)cc1. The summed E-state index contributed by atoms with van der Waals surface area (Å²) in [6.45, 7) is 4.84. The molecule has 0 fully saturated rings. The fraction of sp³-hybridized carbons (Fsp3) is 0.167. The van der Waals surface area contributed by atoms with Crippen LogP contribution in [0.4, 0.5) is 17.1 Å². The van der Waals surface area contributed by atoms with E-state index in [0.29, 0.717) is 17.1 Å². The highest BCUT2D eigenvalue weighted by Gasteiger charge is 2.27. The summed E-state index contributed by atoms with van der Waals surface area (Å²) in [6.07, 6.45) is 0. The van der Waals surface area contributed by atoms with Crippen molar-refractivity contribution < 1.29 is 18.0 Å². The maximum absolute atomic E-state index is 13.4. The van der Waals surface area contributed by atoms with Crippen LogP contribution in [0.25, 0.3) is 0 Å². The summed E-state index contributed by atoms with van der Waals surface area (Å²) in [7, 11) is -3.97. The number of nitrogens with one attached hydrogen (secondary N) is 2. The third-order valence-electron chi connectivity index (χ3n) is 4.89. The largest absolute Gasteiger partial charge is 0.326 e. The molecule has 2 N–H and O–H groups in total. The van der Waals surface area contributed by atoms with E-state index in [1.807, 2.05) is 19.9 Å². The number of amides is 2. The van der Waals surface area contributed by atoms with Crippen LogP contribution in [-0.4, -0.2) is 26.8 Å². The molecule has 0 spiro atoms. The van der Waals surface area contributed by atoms with Crippen LogP contribution in [0.3, 0.4) is 0 Å². The lowest BCUT2D eigenvalue weighted by atomic mass is 10.1. The second-order valence-corrected chi connectivity index (χ2v) is 9.26. The molecule has 0 unspecified atom stereocenters. The van der Waals surface area contributed by atoms with Crippen molar-refractivity contribution in [2.45, 2.75) is 25.7 Å². The van der Waals surface area contributed by atoms with Crippen LogP contribution in [0.2, 0.25) is 0 Å². The van der Waals surface area contributed by atoms with Crippen molar-refractivity contribution >= 4 is 38.9 Å². The predicted molar refractivity (Wildman–Crippen MR) is 126 cm³/mol. The van der Waals surface area contributed by atoms with E-state index in [9.17, 15) is 18.0 Å². The van der Waals surface area contributed by atoms with Crippen molar-refractivity contribution in [3.05, 3.63) is 83.9 Å². The monoisotopic (exact) mass is 451 g/mol. The van der Waals surface area contributed by atoms with E-state index in [1.54, 1.807) is 54.6 Å². The van der Waals surface area contributed by atoms with Gasteiger partial charge in [-0.3, -0.25) is 13.9 Å². The molecule has 7 nitrogen and oxygen atoms in total. The Balaban J connectivity index is 1.87. The minimum atomic E-state index is -3.97. The number of rotatable bonds is 7. The molecular formula is C24H25N3O4S. The van der Waals surface area contributed by atoms with Gasteiger partial charge in [0, 0.05) is 18.3 Å². The van der Waals surface area contributed by atoms with Crippen molar-refractivity contribution in [2.75, 3.05) is 21.5 Å². The molecule has 0 saturated carbocycles. The van der Waals surface area contributed by atoms with Gasteiger partial charge in [0.2, 0.25) is 11.8 Å². The number of hydrogen-bond donors (Lipinski definition) is 2. The van der Waals surface area contributed by atoms with Crippen LogP contribution >= 0.6 is 0 Å². The first-order valence-electron chi connectivity index (χ1n) is 9.99. The molecule has 0 bridgehead atoms. The minimum Gasteiger partial charge on any atom is -0.326 e. The van der Waals surface area contributed by atoms with Gasteiger partial charge in [0.1, 0.15) is 6.54 Å². The van der Waals surface area contributed by atoms with E-state index >= 15 is 0 Å². The van der Waals surface area contributed by atoms with E-state index in [1.165, 1.54) is 19.1 Å². The van der Waals surface area contributed by atoms with Crippen LogP contribution in [0, 0.1) is 13.8 Å². The first-order valence-corrected chi connectivity index (χ1v) is 11.4. The van der Waals surface area contributed by atoms with Crippen molar-refractivity contribution in [2.24, 2.45) is 0 Å². The molecule has 8 heteroatoms. The van der Waals surface area contributed by atoms with Crippen LogP contribution in [0.15, 0.2) is 77.7 Å². The van der Waals surface area contributed by atoms with Crippen LogP contribution in [0.5, 0.6) is 0 Å². The number of aryl methyl sites for hydroxylation is 2. The van der Waals surface area contributed by atoms with Gasteiger partial charge in [0.05, 0.1) is 10.6 Å². The van der Waals surface area contributed by atoms with Crippen LogP contribution in [-0.2, 0) is 19.6 Å². The Bertz CT molecular complexity index is 1220. The van der Waals surface area contributed by atoms with Gasteiger partial charge in [0.25, 0.3) is 10.0 Å². The highest BCUT2D eigenvalue weighted by atomic mass is 32.2. The average Bonchev–Trinajstić information content (AvgIpc) is 2.75. The second kappa shape index (κ2) is 9.65. The van der Waals surface area contributed by atoms with Gasteiger partial charge in [-0.1, -0.05) is 24.3 Å². The quantitative estimate of drug-likeness (QED) is 0.565. The molecule has 0 saturated heterocycles. The third-order valence-corrected chi connectivity index (χ3v) is 6.67. The Kier molecular flexibility index (Phi) is 6.95. The number of hydrogen-bond acceptors (Lipinski definition) is 4. The first kappa shape index (κ1) is 23.0. The van der Waals surface area contributed by atoms with Crippen molar-refractivity contribution in [1.29, 1.82) is 0 Å². The van der Waals surface area contributed by atoms with E-state index in [4.69, 9.17) is 0 Å². The molecule has 0 aliphatic carbocycles. The Morgan fingerprint density at radius 3 is 1.97 bits per heavy atom. The number of carbonyl (C=O) groups is 2. The fourth-order valence-corrected chi connectivity index (χ4v) is 4.52. The Hall–Kier alpha value is -3.65. The lowest BCUT2D eigenvalue weighted by molar-refractivity contribution is -0.115. The summed E-state index contributed by atoms with van der Waals surface area (Å²) in [6, 6.07) is 19.9. The molecule has 3 aromatic rings. The van der Waals surface area contributed by atoms with Gasteiger partial charge in [0.15, 0.2) is 0 Å². The molecule has 0 aliphatic heterocycles. The van der Waals surface area contributed by atoms with Crippen LogP contribution < -0.4 is 14.9 Å². The molecule has 0 aliphatic rings. The predicted octanol–water partition coefficient (Wildman–Crippen LogP) is 4.10. The second-order valence-electron chi connectivity index (χ2n) is 7.40. The highest BCUT2D eigenvalue weighted by molar-refractivity contribution is 7.92. The smallest absolute Gasteiger partial charge is 0.264 e. The zero-order chi connectivity index (χ0) is 23.3. The molecule has 166 valence electrons. The zero-order valence-corrected chi connectivity index (χ0v) is 18.9. The lowest BCUT2D eigenvalue weighted by Crippen LogP contribution is -2.38. The maximum Gasteiger partial charge on any atom is 0.264 e. The molecule has 2 amide bonds. The fourth-order valence-electron chi connectivity index (χ4n) is 3.09. The summed E-state index contributed by atoms with van der Waals surface area (Å²) in [4.78, 5) is 24.0. The molecule has 0 aromatic heterocycles. The van der Waals surface area contributed by atoms with E-state index < -0.39 is 22.5 Å². The first-order chi connectivity index (χ1) is 15.2. The van der Waals surface area contributed by atoms with Crippen LogP contribution in [0.1, 0.15) is 18.1 Å². The number of nitrogens with zero attached hydrogens (tertiary/aromatic N) is 1. The molecule has 3 rings (SSSR count). The van der Waals surface area contributed by atoms with E-state index in [0.717, 1.165) is 15.4 Å². The summed E-state index contributed by atoms with van der Waals surface area (Å²) in [5.41, 5.74) is 3.44. The molecular weight excluding hydrogens is 426 g/mol. The Morgan fingerprint density at radius 1 is 0.812 bits per heavy atom. The summed E-state index contributed by atoms with van der Waals surface area (Å²) < 4.78 is 27.8. The van der Waals surface area contributed by atoms with Gasteiger partial charge in [-0.05, 0) is 73.5 Å². The van der Waals surface area contributed by atoms with Crippen molar-refractivity contribution in [1.82, 2.24) is 0 Å². The Morgan fingerprint density at radius 2 is 1.41 bits per heavy atom. The van der Waals surface area contributed by atoms with Crippen molar-refractivity contribution in [3.63, 3.8) is 0 Å². The normalized spacial score (nSPS) is 11.0. The topological polar surface area (TPSA) is 95.6 Å². The standard InChI is InChI=1S/C24H25N3O4S/c1-17-9-14-22(15-18(17)2)27(32(30,31)23-7-5-4-6-8-23)16-24(29)26-21-12-10-20(11-13-21)25-19(3)28/h4-15H,16H2,1-3H3,(H,25,28)(H,26,29). The molecule has 3 aromatic carbocycles. The number of sulfonamides is 1. The third kappa shape index (κ3) is 5.53. The maximum atomic E-state index is 13.4. The van der Waals surface area contributed by atoms with Gasteiger partial charge in [-0.2, -0.15) is 0 Å². The molecule has 0 heterocycles. The lowest BCUT2D eigenvalue weighted by Gasteiger charge is -2.25. The summed E-state index contributed by atoms with van der Waals surface area (Å²) in [5, 5.41) is 5.36. The number of benzene rings is 3.